The Morgan fingerprint density at radius 1 is 1.11 bits per heavy atom. The molecular weight excluding hydrogens is 394 g/mol. The summed E-state index contributed by atoms with van der Waals surface area (Å²) in [6, 6.07) is 11.7. The van der Waals surface area contributed by atoms with Crippen LogP contribution in [0.25, 0.3) is 11.4 Å². The third-order valence-electron chi connectivity index (χ3n) is 4.89. The van der Waals surface area contributed by atoms with Crippen molar-refractivity contribution in [1.82, 2.24) is 19.2 Å². The lowest BCUT2D eigenvalue weighted by molar-refractivity contribution is 0.261. The van der Waals surface area contributed by atoms with Crippen LogP contribution in [0.3, 0.4) is 0 Å². The number of hydrogen-bond acceptors (Lipinski definition) is 7. The smallest absolute Gasteiger partial charge is 0.213 e. The molecule has 1 fully saturated rings. The molecule has 1 aliphatic rings. The second-order valence-corrected chi connectivity index (χ2v) is 7.86. The zero-order valence-corrected chi connectivity index (χ0v) is 17.3. The number of halogens is 1. The maximum absolute atomic E-state index is 5.96. The fourth-order valence-corrected chi connectivity index (χ4v) is 4.09. The number of aromatic nitrogens is 3. The lowest BCUT2D eigenvalue weighted by atomic mass is 10.2. The molecule has 1 aliphatic heterocycles. The molecule has 1 saturated heterocycles. The third kappa shape index (κ3) is 4.60. The summed E-state index contributed by atoms with van der Waals surface area (Å²) in [6.45, 7) is 5.02. The van der Waals surface area contributed by atoms with Gasteiger partial charge in [0, 0.05) is 67.1 Å². The molecule has 0 amide bonds. The largest absolute Gasteiger partial charge is 0.481 e. The van der Waals surface area contributed by atoms with E-state index in [1.54, 1.807) is 13.3 Å². The van der Waals surface area contributed by atoms with E-state index in [0.29, 0.717) is 5.88 Å². The van der Waals surface area contributed by atoms with Gasteiger partial charge < -0.3 is 9.64 Å². The summed E-state index contributed by atoms with van der Waals surface area (Å²) in [6.07, 6.45) is 2.80. The number of piperazine rings is 1. The summed E-state index contributed by atoms with van der Waals surface area (Å²) in [7, 11) is 1.65. The lowest BCUT2D eigenvalue weighted by Crippen LogP contribution is -2.47. The highest BCUT2D eigenvalue weighted by molar-refractivity contribution is 7.09. The minimum absolute atomic E-state index is 0.676. The van der Waals surface area contributed by atoms with Crippen molar-refractivity contribution in [2.45, 2.75) is 6.42 Å². The zero-order chi connectivity index (χ0) is 19.3. The number of benzene rings is 1. The zero-order valence-electron chi connectivity index (χ0n) is 15.7. The molecule has 0 saturated carbocycles. The number of anilines is 1. The first-order valence-corrected chi connectivity index (χ1v) is 10.4. The van der Waals surface area contributed by atoms with Crippen molar-refractivity contribution < 1.29 is 4.74 Å². The number of pyridine rings is 1. The van der Waals surface area contributed by atoms with Gasteiger partial charge in [-0.05, 0) is 42.3 Å². The highest BCUT2D eigenvalue weighted by Gasteiger charge is 2.20. The van der Waals surface area contributed by atoms with Gasteiger partial charge in [-0.25, -0.2) is 4.98 Å². The van der Waals surface area contributed by atoms with E-state index in [9.17, 15) is 0 Å². The van der Waals surface area contributed by atoms with Crippen molar-refractivity contribution in [2.24, 2.45) is 0 Å². The SMILES string of the molecule is COc1cc(CCN2CCN(c3nc(-c4ccc(Cl)cc4)ns3)CC2)ccn1. The Kier molecular flexibility index (Phi) is 6.04. The molecule has 0 bridgehead atoms. The molecule has 4 rings (SSSR count). The Morgan fingerprint density at radius 2 is 1.89 bits per heavy atom. The number of methoxy groups -OCH3 is 1. The second kappa shape index (κ2) is 8.86. The summed E-state index contributed by atoms with van der Waals surface area (Å²) in [5.74, 6) is 1.45. The summed E-state index contributed by atoms with van der Waals surface area (Å²) in [5, 5.41) is 1.71. The maximum atomic E-state index is 5.96. The number of rotatable bonds is 6. The van der Waals surface area contributed by atoms with E-state index in [1.165, 1.54) is 17.1 Å². The molecule has 0 radical (unpaired) electrons. The minimum atomic E-state index is 0.676. The molecule has 0 spiro atoms. The number of ether oxygens (including phenoxy) is 1. The fourth-order valence-electron chi connectivity index (χ4n) is 3.23. The van der Waals surface area contributed by atoms with Gasteiger partial charge in [0.1, 0.15) is 0 Å². The highest BCUT2D eigenvalue weighted by atomic mass is 35.5. The van der Waals surface area contributed by atoms with Gasteiger partial charge in [0.05, 0.1) is 7.11 Å². The summed E-state index contributed by atoms with van der Waals surface area (Å²) < 4.78 is 9.72. The number of nitrogens with zero attached hydrogens (tertiary/aromatic N) is 5. The average molecular weight is 416 g/mol. The van der Waals surface area contributed by atoms with Gasteiger partial charge in [-0.3, -0.25) is 4.90 Å². The van der Waals surface area contributed by atoms with Gasteiger partial charge >= 0.3 is 0 Å². The van der Waals surface area contributed by atoms with Crippen LogP contribution in [0.2, 0.25) is 5.02 Å². The maximum Gasteiger partial charge on any atom is 0.213 e. The Labute approximate surface area is 173 Å². The van der Waals surface area contributed by atoms with Crippen molar-refractivity contribution in [2.75, 3.05) is 44.7 Å². The average Bonchev–Trinajstić information content (AvgIpc) is 3.23. The van der Waals surface area contributed by atoms with Crippen molar-refractivity contribution in [3.63, 3.8) is 0 Å². The molecule has 146 valence electrons. The molecule has 3 aromatic rings. The summed E-state index contributed by atoms with van der Waals surface area (Å²) in [5.41, 5.74) is 2.25. The van der Waals surface area contributed by atoms with E-state index in [1.807, 2.05) is 30.3 Å². The summed E-state index contributed by atoms with van der Waals surface area (Å²) in [4.78, 5) is 13.7. The lowest BCUT2D eigenvalue weighted by Gasteiger charge is -2.34. The first-order chi connectivity index (χ1) is 13.7. The van der Waals surface area contributed by atoms with E-state index in [4.69, 9.17) is 21.3 Å². The van der Waals surface area contributed by atoms with Crippen LogP contribution in [0.1, 0.15) is 5.56 Å². The molecule has 0 aliphatic carbocycles. The summed E-state index contributed by atoms with van der Waals surface area (Å²) >= 11 is 7.42. The number of hydrogen-bond donors (Lipinski definition) is 0. The van der Waals surface area contributed by atoms with E-state index in [-0.39, 0.29) is 0 Å². The molecule has 28 heavy (non-hydrogen) atoms. The van der Waals surface area contributed by atoms with Gasteiger partial charge in [-0.15, -0.1) is 0 Å². The van der Waals surface area contributed by atoms with Crippen molar-refractivity contribution in [1.29, 1.82) is 0 Å². The standard InChI is InChI=1S/C20H22ClN5OS/c1-27-18-14-15(6-8-22-18)7-9-25-10-12-26(13-11-25)20-23-19(24-28-20)16-2-4-17(21)5-3-16/h2-6,8,14H,7,9-13H2,1H3. The van der Waals surface area contributed by atoms with Gasteiger partial charge in [0.25, 0.3) is 0 Å². The monoisotopic (exact) mass is 415 g/mol. The molecule has 6 nitrogen and oxygen atoms in total. The molecule has 2 aromatic heterocycles. The van der Waals surface area contributed by atoms with Gasteiger partial charge in [0.2, 0.25) is 11.0 Å². The quantitative estimate of drug-likeness (QED) is 0.612. The molecule has 3 heterocycles. The van der Waals surface area contributed by atoms with Crippen LogP contribution in [0.4, 0.5) is 5.13 Å². The predicted molar refractivity (Wildman–Crippen MR) is 114 cm³/mol. The first kappa shape index (κ1) is 19.1. The van der Waals surface area contributed by atoms with E-state index < -0.39 is 0 Å². The van der Waals surface area contributed by atoms with Crippen LogP contribution >= 0.6 is 23.1 Å². The molecule has 8 heteroatoms. The Balaban J connectivity index is 1.30. The van der Waals surface area contributed by atoms with Crippen LogP contribution in [0.15, 0.2) is 42.6 Å². The highest BCUT2D eigenvalue weighted by Crippen LogP contribution is 2.25. The first-order valence-electron chi connectivity index (χ1n) is 9.27. The van der Waals surface area contributed by atoms with Gasteiger partial charge in [0.15, 0.2) is 5.82 Å². The van der Waals surface area contributed by atoms with Crippen LogP contribution in [-0.4, -0.2) is 59.1 Å². The Bertz CT molecular complexity index is 909. The van der Waals surface area contributed by atoms with Crippen molar-refractivity contribution >= 4 is 28.3 Å². The third-order valence-corrected chi connectivity index (χ3v) is 5.91. The molecule has 0 unspecified atom stereocenters. The molecular formula is C20H22ClN5OS. The van der Waals surface area contributed by atoms with E-state index in [2.05, 4.69) is 25.2 Å². The predicted octanol–water partition coefficient (Wildman–Crippen LogP) is 3.63. The van der Waals surface area contributed by atoms with Crippen LogP contribution in [0.5, 0.6) is 5.88 Å². The topological polar surface area (TPSA) is 54.4 Å². The van der Waals surface area contributed by atoms with Gasteiger partial charge in [-0.2, -0.15) is 9.36 Å². The Morgan fingerprint density at radius 3 is 2.64 bits per heavy atom. The normalized spacial score (nSPS) is 15.0. The molecule has 0 atom stereocenters. The van der Waals surface area contributed by atoms with Crippen molar-refractivity contribution in [3.05, 3.63) is 53.2 Å². The van der Waals surface area contributed by atoms with Crippen LogP contribution < -0.4 is 9.64 Å². The fraction of sp³-hybridized carbons (Fsp3) is 0.350. The van der Waals surface area contributed by atoms with E-state index >= 15 is 0 Å². The van der Waals surface area contributed by atoms with Crippen LogP contribution in [-0.2, 0) is 6.42 Å². The van der Waals surface area contributed by atoms with Gasteiger partial charge in [-0.1, -0.05) is 11.6 Å². The van der Waals surface area contributed by atoms with Crippen molar-refractivity contribution in [3.8, 4) is 17.3 Å². The van der Waals surface area contributed by atoms with Crippen LogP contribution in [0, 0.1) is 0 Å². The minimum Gasteiger partial charge on any atom is -0.481 e. The Hall–Kier alpha value is -2.22. The van der Waals surface area contributed by atoms with E-state index in [0.717, 1.165) is 60.7 Å². The molecule has 1 aromatic carbocycles. The molecule has 0 N–H and O–H groups in total. The second-order valence-electron chi connectivity index (χ2n) is 6.69.